The number of hydrogen-bond acceptors (Lipinski definition) is 0. The SMILES string of the molecule is CCCCC1=CC=C(C2CCC(CCc3ccc(C4CCC(CC)CC4)c(F)c3F)CC2)C(F)C1. The third-order valence-electron chi connectivity index (χ3n) is 9.36. The van der Waals surface area contributed by atoms with Crippen LogP contribution in [0, 0.1) is 29.4 Å². The van der Waals surface area contributed by atoms with E-state index in [2.05, 4.69) is 26.0 Å². The summed E-state index contributed by atoms with van der Waals surface area (Å²) in [7, 11) is 0. The number of halogens is 3. The second-order valence-electron chi connectivity index (χ2n) is 11.6. The molecule has 0 saturated heterocycles. The van der Waals surface area contributed by atoms with Crippen molar-refractivity contribution in [2.75, 3.05) is 0 Å². The summed E-state index contributed by atoms with van der Waals surface area (Å²) < 4.78 is 44.8. The molecule has 2 fully saturated rings. The van der Waals surface area contributed by atoms with E-state index in [0.29, 0.717) is 35.8 Å². The minimum Gasteiger partial charge on any atom is -0.242 e. The third kappa shape index (κ3) is 6.63. The largest absolute Gasteiger partial charge is 0.242 e. The van der Waals surface area contributed by atoms with Gasteiger partial charge in [-0.3, -0.25) is 0 Å². The molecule has 1 atom stereocenters. The summed E-state index contributed by atoms with van der Waals surface area (Å²) in [6.07, 6.45) is 18.3. The van der Waals surface area contributed by atoms with Crippen LogP contribution in [0.1, 0.15) is 121 Å². The maximum Gasteiger partial charge on any atom is 0.162 e. The van der Waals surface area contributed by atoms with Crippen LogP contribution in [0.25, 0.3) is 0 Å². The van der Waals surface area contributed by atoms with Gasteiger partial charge in [0.05, 0.1) is 0 Å². The molecule has 4 rings (SSSR count). The fourth-order valence-corrected chi connectivity index (χ4v) is 6.85. The lowest BCUT2D eigenvalue weighted by molar-refractivity contribution is 0.255. The van der Waals surface area contributed by atoms with Gasteiger partial charge in [-0.1, -0.05) is 56.5 Å². The Kier molecular flexibility index (Phi) is 9.59. The van der Waals surface area contributed by atoms with E-state index in [9.17, 15) is 13.2 Å². The summed E-state index contributed by atoms with van der Waals surface area (Å²) in [6.45, 7) is 4.40. The molecule has 0 aliphatic heterocycles. The van der Waals surface area contributed by atoms with Crippen LogP contribution < -0.4 is 0 Å². The molecule has 1 aromatic rings. The molecule has 3 heteroatoms. The molecule has 1 aromatic carbocycles. The first-order chi connectivity index (χ1) is 17.0. The molecule has 0 aromatic heterocycles. The van der Waals surface area contributed by atoms with Crippen LogP contribution in [-0.2, 0) is 6.42 Å². The Morgan fingerprint density at radius 1 is 0.771 bits per heavy atom. The molecule has 0 amide bonds. The Morgan fingerprint density at radius 3 is 2.11 bits per heavy atom. The van der Waals surface area contributed by atoms with E-state index in [1.165, 1.54) is 12.0 Å². The van der Waals surface area contributed by atoms with E-state index in [1.807, 2.05) is 12.1 Å². The van der Waals surface area contributed by atoms with Gasteiger partial charge in [0.2, 0.25) is 0 Å². The van der Waals surface area contributed by atoms with Crippen LogP contribution in [0.5, 0.6) is 0 Å². The minimum absolute atomic E-state index is 0.169. The van der Waals surface area contributed by atoms with Gasteiger partial charge >= 0.3 is 0 Å². The van der Waals surface area contributed by atoms with Crippen LogP contribution in [0.2, 0.25) is 0 Å². The van der Waals surface area contributed by atoms with Crippen molar-refractivity contribution in [3.8, 4) is 0 Å². The highest BCUT2D eigenvalue weighted by Crippen LogP contribution is 2.41. The van der Waals surface area contributed by atoms with E-state index >= 15 is 0 Å². The Balaban J connectivity index is 1.27. The van der Waals surface area contributed by atoms with Gasteiger partial charge in [0.25, 0.3) is 0 Å². The fraction of sp³-hybridized carbons (Fsp3) is 0.688. The maximum atomic E-state index is 15.0. The predicted octanol–water partition coefficient (Wildman–Crippen LogP) is 10.2. The first-order valence-electron chi connectivity index (χ1n) is 14.5. The number of benzene rings is 1. The van der Waals surface area contributed by atoms with Crippen LogP contribution in [0.3, 0.4) is 0 Å². The van der Waals surface area contributed by atoms with Crippen molar-refractivity contribution in [1.82, 2.24) is 0 Å². The summed E-state index contributed by atoms with van der Waals surface area (Å²) in [4.78, 5) is 0. The molecular formula is C32H45F3. The van der Waals surface area contributed by atoms with Crippen molar-refractivity contribution < 1.29 is 13.2 Å². The third-order valence-corrected chi connectivity index (χ3v) is 9.36. The Morgan fingerprint density at radius 2 is 1.46 bits per heavy atom. The summed E-state index contributed by atoms with van der Waals surface area (Å²) in [6, 6.07) is 3.70. The molecule has 1 unspecified atom stereocenters. The second-order valence-corrected chi connectivity index (χ2v) is 11.6. The maximum absolute atomic E-state index is 15.0. The van der Waals surface area contributed by atoms with Gasteiger partial charge in [-0.05, 0) is 117 Å². The van der Waals surface area contributed by atoms with Gasteiger partial charge in [0.1, 0.15) is 6.17 Å². The zero-order valence-electron chi connectivity index (χ0n) is 21.9. The van der Waals surface area contributed by atoms with Crippen LogP contribution >= 0.6 is 0 Å². The second kappa shape index (κ2) is 12.6. The van der Waals surface area contributed by atoms with E-state index in [-0.39, 0.29) is 5.92 Å². The summed E-state index contributed by atoms with van der Waals surface area (Å²) >= 11 is 0. The lowest BCUT2D eigenvalue weighted by Crippen LogP contribution is -2.23. The highest BCUT2D eigenvalue weighted by molar-refractivity contribution is 5.31. The molecular weight excluding hydrogens is 441 g/mol. The van der Waals surface area contributed by atoms with Gasteiger partial charge < -0.3 is 0 Å². The van der Waals surface area contributed by atoms with Crippen LogP contribution in [0.4, 0.5) is 13.2 Å². The van der Waals surface area contributed by atoms with Gasteiger partial charge in [-0.25, -0.2) is 13.2 Å². The highest BCUT2D eigenvalue weighted by Gasteiger charge is 2.30. The molecule has 0 heterocycles. The first-order valence-corrected chi connectivity index (χ1v) is 14.5. The lowest BCUT2D eigenvalue weighted by Gasteiger charge is -2.33. The monoisotopic (exact) mass is 486 g/mol. The summed E-state index contributed by atoms with van der Waals surface area (Å²) in [5.41, 5.74) is 3.37. The fourth-order valence-electron chi connectivity index (χ4n) is 6.85. The normalized spacial score (nSPS) is 29.6. The number of allylic oxidation sites excluding steroid dienone is 4. The van der Waals surface area contributed by atoms with Crippen molar-refractivity contribution in [3.05, 3.63) is 58.2 Å². The van der Waals surface area contributed by atoms with Crippen molar-refractivity contribution in [3.63, 3.8) is 0 Å². The van der Waals surface area contributed by atoms with E-state index < -0.39 is 17.8 Å². The number of alkyl halides is 1. The molecule has 0 radical (unpaired) electrons. The topological polar surface area (TPSA) is 0 Å². The van der Waals surface area contributed by atoms with E-state index in [1.54, 1.807) is 0 Å². The smallest absolute Gasteiger partial charge is 0.162 e. The number of rotatable bonds is 9. The number of unbranched alkanes of at least 4 members (excludes halogenated alkanes) is 1. The molecule has 194 valence electrons. The molecule has 35 heavy (non-hydrogen) atoms. The average molecular weight is 487 g/mol. The van der Waals surface area contributed by atoms with Crippen molar-refractivity contribution in [2.24, 2.45) is 17.8 Å². The average Bonchev–Trinajstić information content (AvgIpc) is 2.89. The van der Waals surface area contributed by atoms with Gasteiger partial charge in [-0.2, -0.15) is 0 Å². The molecule has 0 spiro atoms. The Hall–Kier alpha value is -1.51. The predicted molar refractivity (Wildman–Crippen MR) is 140 cm³/mol. The quantitative estimate of drug-likeness (QED) is 0.326. The summed E-state index contributed by atoms with van der Waals surface area (Å²) in [5.74, 6) is 0.570. The van der Waals surface area contributed by atoms with Crippen molar-refractivity contribution >= 4 is 0 Å². The minimum atomic E-state index is -0.819. The van der Waals surface area contributed by atoms with E-state index in [0.717, 1.165) is 88.5 Å². The Labute approximate surface area is 211 Å². The van der Waals surface area contributed by atoms with Crippen molar-refractivity contribution in [1.29, 1.82) is 0 Å². The molecule has 0 nitrogen and oxygen atoms in total. The number of hydrogen-bond donors (Lipinski definition) is 0. The summed E-state index contributed by atoms with van der Waals surface area (Å²) in [5, 5.41) is 0. The molecule has 0 bridgehead atoms. The molecule has 2 saturated carbocycles. The lowest BCUT2D eigenvalue weighted by atomic mass is 9.74. The molecule has 0 N–H and O–H groups in total. The molecule has 3 aliphatic carbocycles. The standard InChI is InChI=1S/C32H45F3/c1-3-5-6-24-12-19-28(30(33)21-24)25-15-9-23(10-16-25)11-17-27-18-20-29(32(35)31(27)34)26-13-7-22(4-2)8-14-26/h12,18-20,22-23,25-26,30H,3-11,13-17,21H2,1-2H3. The van der Waals surface area contributed by atoms with Gasteiger partial charge in [0, 0.05) is 6.42 Å². The van der Waals surface area contributed by atoms with Crippen LogP contribution in [0.15, 0.2) is 35.4 Å². The van der Waals surface area contributed by atoms with Crippen LogP contribution in [-0.4, -0.2) is 6.17 Å². The van der Waals surface area contributed by atoms with Gasteiger partial charge in [0.15, 0.2) is 11.6 Å². The first kappa shape index (κ1) is 26.6. The number of aryl methyl sites for hydroxylation is 1. The zero-order chi connectivity index (χ0) is 24.8. The van der Waals surface area contributed by atoms with Gasteiger partial charge in [-0.15, -0.1) is 0 Å². The zero-order valence-corrected chi connectivity index (χ0v) is 21.9. The molecule has 3 aliphatic rings. The van der Waals surface area contributed by atoms with Crippen molar-refractivity contribution in [2.45, 2.75) is 122 Å². The highest BCUT2D eigenvalue weighted by atomic mass is 19.2. The Bertz CT molecular complexity index is 882. The van der Waals surface area contributed by atoms with E-state index in [4.69, 9.17) is 0 Å².